The zero-order chi connectivity index (χ0) is 16.1. The third-order valence-electron chi connectivity index (χ3n) is 2.78. The second-order valence-electron chi connectivity index (χ2n) is 4.33. The quantitative estimate of drug-likeness (QED) is 0.506. The van der Waals surface area contributed by atoms with Crippen molar-refractivity contribution < 1.29 is 19.8 Å². The molecule has 0 bridgehead atoms. The standard InChI is InChI=1S/C15H13N3O4/c16-15(17-10-7-5-9(6-8-10)13(19)20)18-12-4-2-1-3-11(12)14(21)22/h1-8H,(H,19,20)(H,21,22)(H3,16,17,18). The van der Waals surface area contributed by atoms with Crippen LogP contribution in [-0.4, -0.2) is 28.1 Å². The van der Waals surface area contributed by atoms with Gasteiger partial charge in [0, 0.05) is 5.69 Å². The molecule has 0 saturated carbocycles. The molecule has 0 amide bonds. The van der Waals surface area contributed by atoms with Crippen molar-refractivity contribution in [1.82, 2.24) is 0 Å². The maximum Gasteiger partial charge on any atom is 0.337 e. The van der Waals surface area contributed by atoms with Crippen molar-refractivity contribution in [3.63, 3.8) is 0 Å². The normalized spacial score (nSPS) is 11.0. The van der Waals surface area contributed by atoms with E-state index >= 15 is 0 Å². The predicted octanol–water partition coefficient (Wildman–Crippen LogP) is 2.14. The fourth-order valence-electron chi connectivity index (χ4n) is 1.75. The number of hydrogen-bond acceptors (Lipinski definition) is 3. The largest absolute Gasteiger partial charge is 0.478 e. The fraction of sp³-hybridized carbons (Fsp3) is 0. The van der Waals surface area contributed by atoms with Gasteiger partial charge in [-0.2, -0.15) is 0 Å². The first kappa shape index (κ1) is 15.0. The molecule has 0 aliphatic carbocycles. The van der Waals surface area contributed by atoms with Crippen LogP contribution in [0.3, 0.4) is 0 Å². The summed E-state index contributed by atoms with van der Waals surface area (Å²) in [7, 11) is 0. The number of carbonyl (C=O) groups is 2. The predicted molar refractivity (Wildman–Crippen MR) is 81.7 cm³/mol. The molecule has 22 heavy (non-hydrogen) atoms. The van der Waals surface area contributed by atoms with Crippen LogP contribution in [-0.2, 0) is 0 Å². The highest BCUT2D eigenvalue weighted by molar-refractivity contribution is 5.98. The Balaban J connectivity index is 2.20. The van der Waals surface area contributed by atoms with Gasteiger partial charge in [-0.3, -0.25) is 0 Å². The van der Waals surface area contributed by atoms with Crippen LogP contribution in [0.1, 0.15) is 20.7 Å². The third kappa shape index (κ3) is 3.60. The van der Waals surface area contributed by atoms with E-state index < -0.39 is 11.9 Å². The minimum absolute atomic E-state index is 0.00299. The van der Waals surface area contributed by atoms with Gasteiger partial charge in [0.1, 0.15) is 0 Å². The molecule has 0 atom stereocenters. The number of aromatic carboxylic acids is 2. The molecule has 0 unspecified atom stereocenters. The van der Waals surface area contributed by atoms with Crippen LogP contribution in [0, 0.1) is 0 Å². The lowest BCUT2D eigenvalue weighted by atomic mass is 10.2. The summed E-state index contributed by atoms with van der Waals surface area (Å²) in [4.78, 5) is 25.8. The molecule has 7 nitrogen and oxygen atoms in total. The Labute approximate surface area is 125 Å². The number of hydrogen-bond donors (Lipinski definition) is 4. The molecule has 0 aliphatic heterocycles. The molecule has 0 aliphatic rings. The van der Waals surface area contributed by atoms with Gasteiger partial charge in [0.15, 0.2) is 5.96 Å². The van der Waals surface area contributed by atoms with Crippen molar-refractivity contribution in [2.45, 2.75) is 0 Å². The number of carboxylic acid groups (broad SMARTS) is 2. The van der Waals surface area contributed by atoms with Gasteiger partial charge in [-0.15, -0.1) is 0 Å². The molecule has 7 heteroatoms. The van der Waals surface area contributed by atoms with E-state index in [-0.39, 0.29) is 22.8 Å². The maximum absolute atomic E-state index is 11.1. The van der Waals surface area contributed by atoms with Crippen LogP contribution in [0.4, 0.5) is 11.4 Å². The van der Waals surface area contributed by atoms with Crippen LogP contribution in [0.5, 0.6) is 0 Å². The number of nitrogens with zero attached hydrogens (tertiary/aromatic N) is 1. The van der Waals surface area contributed by atoms with E-state index in [9.17, 15) is 9.59 Å². The molecule has 0 saturated heterocycles. The Bertz CT molecular complexity index is 739. The Morgan fingerprint density at radius 3 is 2.18 bits per heavy atom. The molecule has 2 rings (SSSR count). The van der Waals surface area contributed by atoms with Crippen LogP contribution in [0.15, 0.2) is 53.5 Å². The van der Waals surface area contributed by atoms with E-state index in [4.69, 9.17) is 15.9 Å². The number of para-hydroxylation sites is 1. The molecule has 0 fully saturated rings. The SMILES string of the molecule is NC(=Nc1ccccc1C(=O)O)Nc1ccc(C(=O)O)cc1. The van der Waals surface area contributed by atoms with Gasteiger partial charge in [-0.25, -0.2) is 14.6 Å². The first-order valence-corrected chi connectivity index (χ1v) is 6.24. The summed E-state index contributed by atoms with van der Waals surface area (Å²) in [5.41, 5.74) is 6.69. The highest BCUT2D eigenvalue weighted by Crippen LogP contribution is 2.18. The monoisotopic (exact) mass is 299 g/mol. The lowest BCUT2D eigenvalue weighted by Gasteiger charge is -2.07. The van der Waals surface area contributed by atoms with Crippen LogP contribution in [0.2, 0.25) is 0 Å². The Hall–Kier alpha value is -3.35. The van der Waals surface area contributed by atoms with E-state index in [1.807, 2.05) is 0 Å². The highest BCUT2D eigenvalue weighted by Gasteiger charge is 2.08. The number of nitrogens with one attached hydrogen (secondary N) is 1. The van der Waals surface area contributed by atoms with Crippen molar-refractivity contribution in [1.29, 1.82) is 0 Å². The summed E-state index contributed by atoms with van der Waals surface area (Å²) in [5.74, 6) is -2.13. The summed E-state index contributed by atoms with van der Waals surface area (Å²) >= 11 is 0. The third-order valence-corrected chi connectivity index (χ3v) is 2.78. The average Bonchev–Trinajstić information content (AvgIpc) is 2.48. The average molecular weight is 299 g/mol. The van der Waals surface area contributed by atoms with E-state index in [0.717, 1.165) is 0 Å². The number of nitrogens with two attached hydrogens (primary N) is 1. The van der Waals surface area contributed by atoms with E-state index in [0.29, 0.717) is 5.69 Å². The fourth-order valence-corrected chi connectivity index (χ4v) is 1.75. The van der Waals surface area contributed by atoms with Gasteiger partial charge < -0.3 is 21.3 Å². The minimum Gasteiger partial charge on any atom is -0.478 e. The maximum atomic E-state index is 11.1. The molecule has 5 N–H and O–H groups in total. The molecule has 2 aromatic carbocycles. The van der Waals surface area contributed by atoms with Crippen LogP contribution in [0.25, 0.3) is 0 Å². The Kier molecular flexibility index (Phi) is 4.38. The number of rotatable bonds is 4. The summed E-state index contributed by atoms with van der Waals surface area (Å²) in [6.07, 6.45) is 0. The number of anilines is 1. The summed E-state index contributed by atoms with van der Waals surface area (Å²) < 4.78 is 0. The Morgan fingerprint density at radius 2 is 1.59 bits per heavy atom. The second kappa shape index (κ2) is 6.40. The smallest absolute Gasteiger partial charge is 0.337 e. The van der Waals surface area contributed by atoms with Crippen LogP contribution >= 0.6 is 0 Å². The van der Waals surface area contributed by atoms with E-state index in [1.54, 1.807) is 12.1 Å². The van der Waals surface area contributed by atoms with Crippen molar-refractivity contribution in [3.8, 4) is 0 Å². The van der Waals surface area contributed by atoms with Gasteiger partial charge in [0.25, 0.3) is 0 Å². The summed E-state index contributed by atoms with van der Waals surface area (Å²) in [5, 5.41) is 20.6. The zero-order valence-electron chi connectivity index (χ0n) is 11.4. The molecule has 112 valence electrons. The summed E-state index contributed by atoms with van der Waals surface area (Å²) in [6.45, 7) is 0. The van der Waals surface area contributed by atoms with Gasteiger partial charge in [-0.1, -0.05) is 12.1 Å². The minimum atomic E-state index is -1.10. The molecule has 0 radical (unpaired) electrons. The first-order valence-electron chi connectivity index (χ1n) is 6.24. The van der Waals surface area contributed by atoms with Crippen molar-refractivity contribution in [2.75, 3.05) is 5.32 Å². The highest BCUT2D eigenvalue weighted by atomic mass is 16.4. The number of benzene rings is 2. The van der Waals surface area contributed by atoms with Crippen molar-refractivity contribution in [3.05, 3.63) is 59.7 Å². The molecule has 0 spiro atoms. The van der Waals surface area contributed by atoms with Gasteiger partial charge in [-0.05, 0) is 36.4 Å². The molecule has 0 heterocycles. The lowest BCUT2D eigenvalue weighted by molar-refractivity contribution is 0.0686. The molecule has 2 aromatic rings. The van der Waals surface area contributed by atoms with E-state index in [1.165, 1.54) is 36.4 Å². The van der Waals surface area contributed by atoms with Gasteiger partial charge in [0.05, 0.1) is 16.8 Å². The van der Waals surface area contributed by atoms with E-state index in [2.05, 4.69) is 10.3 Å². The summed E-state index contributed by atoms with van der Waals surface area (Å²) in [6, 6.07) is 12.1. The second-order valence-corrected chi connectivity index (χ2v) is 4.33. The molecule has 0 aromatic heterocycles. The van der Waals surface area contributed by atoms with Crippen molar-refractivity contribution >= 4 is 29.3 Å². The molecular weight excluding hydrogens is 286 g/mol. The number of aliphatic imine (C=N–C) groups is 1. The number of carboxylic acids is 2. The van der Waals surface area contributed by atoms with Gasteiger partial charge >= 0.3 is 11.9 Å². The molecular formula is C15H13N3O4. The number of guanidine groups is 1. The van der Waals surface area contributed by atoms with Gasteiger partial charge in [0.2, 0.25) is 0 Å². The van der Waals surface area contributed by atoms with Crippen molar-refractivity contribution in [2.24, 2.45) is 10.7 Å². The Morgan fingerprint density at radius 1 is 0.955 bits per heavy atom. The lowest BCUT2D eigenvalue weighted by Crippen LogP contribution is -2.22. The topological polar surface area (TPSA) is 125 Å². The van der Waals surface area contributed by atoms with Crippen LogP contribution < -0.4 is 11.1 Å². The zero-order valence-corrected chi connectivity index (χ0v) is 11.4. The first-order chi connectivity index (χ1) is 10.5.